The molecule has 2 aromatic carbocycles. The summed E-state index contributed by atoms with van der Waals surface area (Å²) in [7, 11) is 2.97. The van der Waals surface area contributed by atoms with Crippen molar-refractivity contribution < 1.29 is 24.2 Å². The Balaban J connectivity index is 1.94. The zero-order valence-electron chi connectivity index (χ0n) is 19.5. The minimum absolute atomic E-state index is 0.0440. The topological polar surface area (TPSA) is 89.0 Å². The molecule has 1 saturated heterocycles. The largest absolute Gasteiger partial charge is 0.507 e. The van der Waals surface area contributed by atoms with E-state index in [0.29, 0.717) is 28.7 Å². The summed E-state index contributed by atoms with van der Waals surface area (Å²) < 4.78 is 10.7. The molecule has 1 aromatic heterocycles. The minimum Gasteiger partial charge on any atom is -0.507 e. The number of ketones is 1. The van der Waals surface area contributed by atoms with Crippen LogP contribution in [0.15, 0.2) is 72.6 Å². The second-order valence-corrected chi connectivity index (χ2v) is 8.27. The second kappa shape index (κ2) is 9.39. The van der Waals surface area contributed by atoms with Crippen molar-refractivity contribution in [3.05, 3.63) is 89.3 Å². The molecule has 3 aromatic rings. The van der Waals surface area contributed by atoms with E-state index in [9.17, 15) is 14.7 Å². The predicted molar refractivity (Wildman–Crippen MR) is 129 cm³/mol. The molecule has 1 atom stereocenters. The molecule has 0 aliphatic carbocycles. The van der Waals surface area contributed by atoms with Gasteiger partial charge in [0.15, 0.2) is 0 Å². The second-order valence-electron chi connectivity index (χ2n) is 8.27. The Hall–Kier alpha value is -4.13. The minimum atomic E-state index is -0.866. The number of amides is 1. The standard InChI is InChI=1S/C27H26N2O5/c1-16(2)17-7-9-19(10-8-17)29-24(18-6-5-13-28-15-18)23(26(31)27(29)32)25(30)21-14-20(33-3)11-12-22(21)34-4/h5-16,24,30H,1-4H3/b25-23+. The van der Waals surface area contributed by atoms with Crippen LogP contribution in [0.1, 0.15) is 42.5 Å². The summed E-state index contributed by atoms with van der Waals surface area (Å²) in [6, 6.07) is 15.0. The van der Waals surface area contributed by atoms with E-state index < -0.39 is 17.7 Å². The van der Waals surface area contributed by atoms with Gasteiger partial charge in [-0.15, -0.1) is 0 Å². The number of methoxy groups -OCH3 is 2. The van der Waals surface area contributed by atoms with Gasteiger partial charge in [0, 0.05) is 18.1 Å². The van der Waals surface area contributed by atoms with Crippen LogP contribution in [0.25, 0.3) is 5.76 Å². The number of ether oxygens (including phenoxy) is 2. The van der Waals surface area contributed by atoms with Gasteiger partial charge in [-0.25, -0.2) is 0 Å². The van der Waals surface area contributed by atoms with Crippen molar-refractivity contribution in [1.29, 1.82) is 0 Å². The molecule has 0 radical (unpaired) electrons. The first-order valence-corrected chi connectivity index (χ1v) is 10.9. The first kappa shape index (κ1) is 23.0. The lowest BCUT2D eigenvalue weighted by molar-refractivity contribution is -0.132. The molecular formula is C27H26N2O5. The molecule has 1 aliphatic heterocycles. The van der Waals surface area contributed by atoms with Gasteiger partial charge >= 0.3 is 0 Å². The number of carbonyl (C=O) groups excluding carboxylic acids is 2. The van der Waals surface area contributed by atoms with Crippen LogP contribution < -0.4 is 14.4 Å². The van der Waals surface area contributed by atoms with Crippen LogP contribution in [-0.4, -0.2) is 36.0 Å². The average molecular weight is 459 g/mol. The summed E-state index contributed by atoms with van der Waals surface area (Å²) in [5.74, 6) is -0.725. The van der Waals surface area contributed by atoms with Gasteiger partial charge in [0.25, 0.3) is 11.7 Å². The van der Waals surface area contributed by atoms with Gasteiger partial charge in [-0.2, -0.15) is 0 Å². The van der Waals surface area contributed by atoms with Gasteiger partial charge in [-0.3, -0.25) is 19.5 Å². The van der Waals surface area contributed by atoms with Crippen LogP contribution in [0.3, 0.4) is 0 Å². The normalized spacial score (nSPS) is 17.3. The Morgan fingerprint density at radius 2 is 1.76 bits per heavy atom. The maximum absolute atomic E-state index is 13.3. The van der Waals surface area contributed by atoms with Crippen molar-refractivity contribution in [3.8, 4) is 11.5 Å². The Morgan fingerprint density at radius 3 is 2.35 bits per heavy atom. The van der Waals surface area contributed by atoms with Gasteiger partial charge in [0.2, 0.25) is 0 Å². The fourth-order valence-electron chi connectivity index (χ4n) is 4.12. The number of aromatic nitrogens is 1. The summed E-state index contributed by atoms with van der Waals surface area (Å²) in [6.07, 6.45) is 3.19. The van der Waals surface area contributed by atoms with Crippen LogP contribution in [0.5, 0.6) is 11.5 Å². The van der Waals surface area contributed by atoms with E-state index in [0.717, 1.165) is 5.56 Å². The van der Waals surface area contributed by atoms with Crippen molar-refractivity contribution in [2.24, 2.45) is 0 Å². The summed E-state index contributed by atoms with van der Waals surface area (Å²) in [5.41, 5.74) is 2.47. The number of benzene rings is 2. The number of hydrogen-bond donors (Lipinski definition) is 1. The highest BCUT2D eigenvalue weighted by atomic mass is 16.5. The SMILES string of the molecule is COc1ccc(OC)c(/C(O)=C2\C(=O)C(=O)N(c3ccc(C(C)C)cc3)C2c2cccnc2)c1. The van der Waals surface area contributed by atoms with E-state index in [1.54, 1.807) is 42.7 Å². The van der Waals surface area contributed by atoms with Crippen molar-refractivity contribution in [1.82, 2.24) is 4.98 Å². The van der Waals surface area contributed by atoms with Crippen LogP contribution >= 0.6 is 0 Å². The first-order chi connectivity index (χ1) is 16.4. The van der Waals surface area contributed by atoms with Crippen molar-refractivity contribution in [2.45, 2.75) is 25.8 Å². The number of anilines is 1. The number of rotatable bonds is 6. The molecule has 1 unspecified atom stereocenters. The molecule has 1 N–H and O–H groups in total. The monoisotopic (exact) mass is 458 g/mol. The third-order valence-electron chi connectivity index (χ3n) is 5.94. The number of aliphatic hydroxyl groups excluding tert-OH is 1. The zero-order chi connectivity index (χ0) is 24.4. The van der Waals surface area contributed by atoms with Crippen LogP contribution in [0.2, 0.25) is 0 Å². The predicted octanol–water partition coefficient (Wildman–Crippen LogP) is 4.85. The molecule has 1 fully saturated rings. The maximum atomic E-state index is 13.3. The Kier molecular flexibility index (Phi) is 6.36. The zero-order valence-corrected chi connectivity index (χ0v) is 19.5. The maximum Gasteiger partial charge on any atom is 0.300 e. The molecule has 2 heterocycles. The molecule has 174 valence electrons. The van der Waals surface area contributed by atoms with E-state index in [1.165, 1.54) is 19.1 Å². The summed E-state index contributed by atoms with van der Waals surface area (Å²) in [5, 5.41) is 11.4. The van der Waals surface area contributed by atoms with Gasteiger partial charge < -0.3 is 14.6 Å². The molecule has 0 spiro atoms. The number of hydrogen-bond acceptors (Lipinski definition) is 6. The van der Waals surface area contributed by atoms with Crippen molar-refractivity contribution >= 4 is 23.1 Å². The van der Waals surface area contributed by atoms with Crippen molar-refractivity contribution in [2.75, 3.05) is 19.1 Å². The molecule has 1 amide bonds. The Morgan fingerprint density at radius 1 is 1.03 bits per heavy atom. The summed E-state index contributed by atoms with van der Waals surface area (Å²) in [6.45, 7) is 4.16. The van der Waals surface area contributed by atoms with Crippen LogP contribution in [0, 0.1) is 0 Å². The highest BCUT2D eigenvalue weighted by Gasteiger charge is 2.47. The molecule has 0 bridgehead atoms. The fraction of sp³-hybridized carbons (Fsp3) is 0.222. The Bertz CT molecular complexity index is 1250. The highest BCUT2D eigenvalue weighted by Crippen LogP contribution is 2.43. The van der Waals surface area contributed by atoms with E-state index >= 15 is 0 Å². The van der Waals surface area contributed by atoms with Crippen molar-refractivity contribution in [3.63, 3.8) is 0 Å². The van der Waals surface area contributed by atoms with E-state index in [4.69, 9.17) is 9.47 Å². The van der Waals surface area contributed by atoms with Gasteiger partial charge in [0.05, 0.1) is 31.4 Å². The lowest BCUT2D eigenvalue weighted by Crippen LogP contribution is -2.29. The third kappa shape index (κ3) is 4.01. The van der Waals surface area contributed by atoms with Gasteiger partial charge in [0.1, 0.15) is 17.3 Å². The average Bonchev–Trinajstić information content (AvgIpc) is 3.14. The smallest absolute Gasteiger partial charge is 0.300 e. The Labute approximate surface area is 198 Å². The van der Waals surface area contributed by atoms with Gasteiger partial charge in [-0.1, -0.05) is 32.0 Å². The molecule has 34 heavy (non-hydrogen) atoms. The number of carbonyl (C=O) groups is 2. The fourth-order valence-corrected chi connectivity index (χ4v) is 4.12. The lowest BCUT2D eigenvalue weighted by Gasteiger charge is -2.25. The number of aliphatic hydroxyl groups is 1. The highest BCUT2D eigenvalue weighted by molar-refractivity contribution is 6.51. The first-order valence-electron chi connectivity index (χ1n) is 10.9. The molecule has 0 saturated carbocycles. The van der Waals surface area contributed by atoms with Crippen LogP contribution in [-0.2, 0) is 9.59 Å². The molecular weight excluding hydrogens is 432 g/mol. The van der Waals surface area contributed by atoms with E-state index in [-0.39, 0.29) is 16.9 Å². The third-order valence-corrected chi connectivity index (χ3v) is 5.94. The lowest BCUT2D eigenvalue weighted by atomic mass is 9.95. The van der Waals surface area contributed by atoms with E-state index in [2.05, 4.69) is 18.8 Å². The van der Waals surface area contributed by atoms with Crippen LogP contribution in [0.4, 0.5) is 5.69 Å². The summed E-state index contributed by atoms with van der Waals surface area (Å²) >= 11 is 0. The number of pyridine rings is 1. The quantitative estimate of drug-likeness (QED) is 0.323. The van der Waals surface area contributed by atoms with Gasteiger partial charge in [-0.05, 0) is 53.4 Å². The summed E-state index contributed by atoms with van der Waals surface area (Å²) in [4.78, 5) is 32.2. The van der Waals surface area contributed by atoms with E-state index in [1.807, 2.05) is 24.3 Å². The molecule has 4 rings (SSSR count). The molecule has 7 nitrogen and oxygen atoms in total. The molecule has 7 heteroatoms. The number of nitrogens with zero attached hydrogens (tertiary/aromatic N) is 2. The number of Topliss-reactive ketones (excluding diaryl/α,β-unsaturated/α-hetero) is 1. The molecule has 1 aliphatic rings.